The van der Waals surface area contributed by atoms with Gasteiger partial charge in [0.25, 0.3) is 0 Å². The summed E-state index contributed by atoms with van der Waals surface area (Å²) >= 11 is 0. The molecule has 6 heteroatoms. The van der Waals surface area contributed by atoms with Crippen molar-refractivity contribution in [3.05, 3.63) is 52.6 Å². The lowest BCUT2D eigenvalue weighted by Crippen LogP contribution is -2.19. The number of unbranched alkanes of at least 4 members (excludes halogenated alkanes) is 10. The molecule has 2 aromatic carbocycles. The molecule has 240 valence electrons. The Labute approximate surface area is 262 Å². The lowest BCUT2D eigenvalue weighted by Gasteiger charge is -2.20. The molecule has 4 rings (SSSR count). The third-order valence-corrected chi connectivity index (χ3v) is 9.01. The van der Waals surface area contributed by atoms with Crippen molar-refractivity contribution in [2.45, 2.75) is 117 Å². The molecule has 6 nitrogen and oxygen atoms in total. The second-order valence-electron chi connectivity index (χ2n) is 12.5. The Morgan fingerprint density at radius 3 is 1.67 bits per heavy atom. The van der Waals surface area contributed by atoms with Crippen LogP contribution in [0.25, 0.3) is 0 Å². The van der Waals surface area contributed by atoms with Gasteiger partial charge in [0, 0.05) is 55.8 Å². The zero-order chi connectivity index (χ0) is 30.1. The first-order valence-electron chi connectivity index (χ1n) is 17.4. The number of nitrogens with one attached hydrogen (secondary N) is 1. The number of fused-ring (bicyclic) bond motifs is 2. The van der Waals surface area contributed by atoms with E-state index in [1.54, 1.807) is 7.11 Å². The lowest BCUT2D eigenvalue weighted by atomic mass is 9.96. The maximum absolute atomic E-state index is 6.67. The van der Waals surface area contributed by atoms with Crippen molar-refractivity contribution in [3.63, 3.8) is 0 Å². The van der Waals surface area contributed by atoms with E-state index < -0.39 is 0 Å². The molecule has 0 bridgehead atoms. The molecule has 0 atom stereocenters. The molecular weight excluding hydrogens is 534 g/mol. The quantitative estimate of drug-likeness (QED) is 0.130. The number of nitrogens with zero attached hydrogens (tertiary/aromatic N) is 2. The number of para-hydroxylation sites is 1. The Morgan fingerprint density at radius 1 is 0.605 bits per heavy atom. The third-order valence-electron chi connectivity index (χ3n) is 9.01. The van der Waals surface area contributed by atoms with Gasteiger partial charge in [0.2, 0.25) is 0 Å². The Bertz CT molecular complexity index is 1010. The Kier molecular flexibility index (Phi) is 15.2. The van der Waals surface area contributed by atoms with Crippen molar-refractivity contribution in [3.8, 4) is 5.75 Å². The van der Waals surface area contributed by atoms with E-state index in [-0.39, 0.29) is 0 Å². The van der Waals surface area contributed by atoms with E-state index >= 15 is 0 Å². The minimum absolute atomic E-state index is 0.572. The first-order chi connectivity index (χ1) is 21.2. The van der Waals surface area contributed by atoms with Gasteiger partial charge in [0.05, 0.1) is 19.8 Å². The van der Waals surface area contributed by atoms with Gasteiger partial charge in [0.15, 0.2) is 0 Å². The monoisotopic (exact) mass is 593 g/mol. The van der Waals surface area contributed by atoms with Crippen LogP contribution in [0.5, 0.6) is 5.75 Å². The second-order valence-corrected chi connectivity index (χ2v) is 12.5. The van der Waals surface area contributed by atoms with Crippen molar-refractivity contribution in [1.82, 2.24) is 9.80 Å². The minimum Gasteiger partial charge on any atom is -0.490 e. The van der Waals surface area contributed by atoms with Crippen molar-refractivity contribution in [2.75, 3.05) is 51.9 Å². The maximum Gasteiger partial charge on any atom is 0.129 e. The van der Waals surface area contributed by atoms with Gasteiger partial charge in [-0.25, -0.2) is 0 Å². The van der Waals surface area contributed by atoms with Crippen LogP contribution in [0.1, 0.15) is 113 Å². The number of rotatable bonds is 23. The first kappa shape index (κ1) is 33.8. The van der Waals surface area contributed by atoms with Crippen molar-refractivity contribution < 1.29 is 14.2 Å². The molecule has 43 heavy (non-hydrogen) atoms. The van der Waals surface area contributed by atoms with Crippen molar-refractivity contribution >= 4 is 11.4 Å². The van der Waals surface area contributed by atoms with E-state index in [0.717, 1.165) is 50.7 Å². The number of hydrogen-bond donors (Lipinski definition) is 1. The number of hydrogen-bond acceptors (Lipinski definition) is 6. The SMILES string of the molecule is CCCCCCCCN1Cc2c(c(OCCOCCOC)c3c(c2Nc2ccccc2)CN(CCCCCCCC)C3)C1. The van der Waals surface area contributed by atoms with E-state index in [1.807, 2.05) is 0 Å². The summed E-state index contributed by atoms with van der Waals surface area (Å²) in [5.41, 5.74) is 8.14. The molecule has 0 spiro atoms. The standard InChI is InChI=1S/C37H59N3O3/c1-4-6-8-10-12-17-21-39-27-32-34(29-39)37(43-26-25-42-24-23-41-3)35-30-40(22-18-13-11-9-7-5-2)28-33(35)36(32)38-31-19-15-14-16-20-31/h14-16,19-20,38H,4-13,17-18,21-30H2,1-3H3. The van der Waals surface area contributed by atoms with Gasteiger partial charge in [-0.05, 0) is 49.2 Å². The fraction of sp³-hybridized carbons (Fsp3) is 0.676. The summed E-state index contributed by atoms with van der Waals surface area (Å²) in [6, 6.07) is 10.7. The molecule has 0 aliphatic carbocycles. The molecule has 0 unspecified atom stereocenters. The summed E-state index contributed by atoms with van der Waals surface area (Å²) in [5, 5.41) is 3.90. The highest BCUT2D eigenvalue weighted by atomic mass is 16.5. The third kappa shape index (κ3) is 10.5. The van der Waals surface area contributed by atoms with Gasteiger partial charge in [-0.2, -0.15) is 0 Å². The number of ether oxygens (including phenoxy) is 3. The van der Waals surface area contributed by atoms with Crippen LogP contribution in [0.15, 0.2) is 30.3 Å². The minimum atomic E-state index is 0.572. The van der Waals surface area contributed by atoms with E-state index in [2.05, 4.69) is 59.3 Å². The first-order valence-corrected chi connectivity index (χ1v) is 17.4. The zero-order valence-corrected chi connectivity index (χ0v) is 27.6. The lowest BCUT2D eigenvalue weighted by molar-refractivity contribution is 0.0540. The fourth-order valence-corrected chi connectivity index (χ4v) is 6.62. The molecule has 2 aromatic rings. The van der Waals surface area contributed by atoms with Crippen LogP contribution in [-0.2, 0) is 35.7 Å². The normalized spacial score (nSPS) is 14.8. The summed E-state index contributed by atoms with van der Waals surface area (Å²) in [4.78, 5) is 5.29. The summed E-state index contributed by atoms with van der Waals surface area (Å²) in [5.74, 6) is 1.13. The van der Waals surface area contributed by atoms with E-state index in [0.29, 0.717) is 26.4 Å². The zero-order valence-electron chi connectivity index (χ0n) is 27.6. The summed E-state index contributed by atoms with van der Waals surface area (Å²) in [6.45, 7) is 13.2. The van der Waals surface area contributed by atoms with E-state index in [9.17, 15) is 0 Å². The second kappa shape index (κ2) is 19.3. The van der Waals surface area contributed by atoms with Crippen molar-refractivity contribution in [1.29, 1.82) is 0 Å². The smallest absolute Gasteiger partial charge is 0.129 e. The van der Waals surface area contributed by atoms with Crippen molar-refractivity contribution in [2.24, 2.45) is 0 Å². The van der Waals surface area contributed by atoms with Crippen LogP contribution in [-0.4, -0.2) is 56.4 Å². The molecule has 0 saturated heterocycles. The average Bonchev–Trinajstić information content (AvgIpc) is 3.65. The van der Waals surface area contributed by atoms with Crippen LogP contribution < -0.4 is 10.1 Å². The average molecular weight is 594 g/mol. The molecule has 0 aromatic heterocycles. The topological polar surface area (TPSA) is 46.2 Å². The molecule has 1 N–H and O–H groups in total. The number of anilines is 2. The van der Waals surface area contributed by atoms with Gasteiger partial charge in [0.1, 0.15) is 12.4 Å². The number of benzene rings is 2. The predicted molar refractivity (Wildman–Crippen MR) is 179 cm³/mol. The summed E-state index contributed by atoms with van der Waals surface area (Å²) in [6.07, 6.45) is 16.0. The molecule has 0 radical (unpaired) electrons. The predicted octanol–water partition coefficient (Wildman–Crippen LogP) is 8.82. The van der Waals surface area contributed by atoms with Crippen LogP contribution in [0, 0.1) is 0 Å². The highest BCUT2D eigenvalue weighted by Crippen LogP contribution is 2.47. The maximum atomic E-state index is 6.67. The Hall–Kier alpha value is -2.12. The highest BCUT2D eigenvalue weighted by Gasteiger charge is 2.34. The van der Waals surface area contributed by atoms with Gasteiger partial charge in [-0.15, -0.1) is 0 Å². The van der Waals surface area contributed by atoms with Gasteiger partial charge >= 0.3 is 0 Å². The van der Waals surface area contributed by atoms with Gasteiger partial charge < -0.3 is 19.5 Å². The molecule has 2 heterocycles. The van der Waals surface area contributed by atoms with Crippen LogP contribution >= 0.6 is 0 Å². The van der Waals surface area contributed by atoms with Crippen LogP contribution in [0.3, 0.4) is 0 Å². The summed E-state index contributed by atoms with van der Waals surface area (Å²) < 4.78 is 17.6. The molecule has 0 saturated carbocycles. The van der Waals surface area contributed by atoms with E-state index in [4.69, 9.17) is 14.2 Å². The van der Waals surface area contributed by atoms with Gasteiger partial charge in [-0.3, -0.25) is 9.80 Å². The molecular formula is C37H59N3O3. The highest BCUT2D eigenvalue weighted by molar-refractivity contribution is 5.75. The molecule has 0 amide bonds. The molecule has 2 aliphatic heterocycles. The van der Waals surface area contributed by atoms with Gasteiger partial charge in [-0.1, -0.05) is 96.3 Å². The molecule has 0 fully saturated rings. The van der Waals surface area contributed by atoms with Crippen LogP contribution in [0.2, 0.25) is 0 Å². The molecule has 2 aliphatic rings. The Morgan fingerprint density at radius 2 is 1.12 bits per heavy atom. The summed E-state index contributed by atoms with van der Waals surface area (Å²) in [7, 11) is 1.71. The number of methoxy groups -OCH3 is 1. The van der Waals surface area contributed by atoms with E-state index in [1.165, 1.54) is 105 Å². The Balaban J connectivity index is 1.52. The van der Waals surface area contributed by atoms with Crippen LogP contribution in [0.4, 0.5) is 11.4 Å². The largest absolute Gasteiger partial charge is 0.490 e. The fourth-order valence-electron chi connectivity index (χ4n) is 6.62.